The van der Waals surface area contributed by atoms with E-state index in [4.69, 9.17) is 4.74 Å². The highest BCUT2D eigenvalue weighted by Crippen LogP contribution is 2.24. The number of carbonyl (C=O) groups excluding carboxylic acids is 2. The Morgan fingerprint density at radius 3 is 2.61 bits per heavy atom. The molecule has 0 aliphatic carbocycles. The zero-order valence-electron chi connectivity index (χ0n) is 20.2. The number of hydrogen-bond acceptors (Lipinski definition) is 5. The number of nitrogens with zero attached hydrogens (tertiary/aromatic N) is 2. The van der Waals surface area contributed by atoms with Gasteiger partial charge in [0.15, 0.2) is 0 Å². The lowest BCUT2D eigenvalue weighted by atomic mass is 9.98. The van der Waals surface area contributed by atoms with Crippen LogP contribution in [-0.2, 0) is 27.3 Å². The van der Waals surface area contributed by atoms with E-state index in [1.165, 1.54) is 0 Å². The number of carbonyl (C=O) groups is 2. The molecule has 2 aromatic rings. The zero-order chi connectivity index (χ0) is 23.8. The van der Waals surface area contributed by atoms with Gasteiger partial charge in [-0.25, -0.2) is 0 Å². The molecule has 1 aliphatic rings. The largest absolute Gasteiger partial charge is 0.466 e. The number of fused-ring (bicyclic) bond motifs is 3. The third-order valence-corrected chi connectivity index (χ3v) is 6.68. The van der Waals surface area contributed by atoms with Crippen molar-refractivity contribution < 1.29 is 14.3 Å². The molecule has 3 rings (SSSR count). The Morgan fingerprint density at radius 2 is 1.91 bits per heavy atom. The molecule has 2 heterocycles. The van der Waals surface area contributed by atoms with Crippen molar-refractivity contribution in [1.29, 1.82) is 0 Å². The number of rotatable bonds is 11. The van der Waals surface area contributed by atoms with Crippen molar-refractivity contribution in [3.8, 4) is 0 Å². The number of hydrogen-bond donors (Lipinski definition) is 1. The molecule has 33 heavy (non-hydrogen) atoms. The Labute approximate surface area is 196 Å². The smallest absolute Gasteiger partial charge is 0.308 e. The summed E-state index contributed by atoms with van der Waals surface area (Å²) in [6, 6.07) is 7.60. The van der Waals surface area contributed by atoms with Gasteiger partial charge in [-0.15, -0.1) is 0 Å². The molecular formula is C26H37N3O4. The molecule has 1 amide bonds. The number of aromatic nitrogens is 1. The molecule has 1 unspecified atom stereocenters. The molecule has 1 N–H and O–H groups in total. The number of amides is 1. The first kappa shape index (κ1) is 25.0. The fraction of sp³-hybridized carbons (Fsp3) is 0.577. The molecule has 1 atom stereocenters. The lowest BCUT2D eigenvalue weighted by molar-refractivity contribution is -0.148. The summed E-state index contributed by atoms with van der Waals surface area (Å²) in [7, 11) is 0. The molecule has 0 bridgehead atoms. The molecule has 1 aromatic heterocycles. The summed E-state index contributed by atoms with van der Waals surface area (Å²) in [5.41, 5.74) is 1.95. The summed E-state index contributed by atoms with van der Waals surface area (Å²) in [5.74, 6) is -0.00858. The van der Waals surface area contributed by atoms with Gasteiger partial charge in [-0.1, -0.05) is 32.0 Å². The Morgan fingerprint density at radius 1 is 1.15 bits per heavy atom. The molecule has 0 fully saturated rings. The molecule has 1 aliphatic heterocycles. The highest BCUT2D eigenvalue weighted by atomic mass is 16.5. The van der Waals surface area contributed by atoms with Crippen LogP contribution in [0.2, 0.25) is 0 Å². The number of nitrogens with one attached hydrogen (secondary N) is 1. The van der Waals surface area contributed by atoms with Crippen LogP contribution in [0.5, 0.6) is 0 Å². The van der Waals surface area contributed by atoms with Gasteiger partial charge in [0.05, 0.1) is 12.5 Å². The van der Waals surface area contributed by atoms with Crippen molar-refractivity contribution in [3.63, 3.8) is 0 Å². The van der Waals surface area contributed by atoms with E-state index in [0.29, 0.717) is 37.9 Å². The summed E-state index contributed by atoms with van der Waals surface area (Å²) in [6.45, 7) is 10.1. The van der Waals surface area contributed by atoms with Gasteiger partial charge >= 0.3 is 5.97 Å². The van der Waals surface area contributed by atoms with Crippen LogP contribution >= 0.6 is 0 Å². The topological polar surface area (TPSA) is 82.7 Å². The number of pyridine rings is 1. The molecular weight excluding hydrogens is 418 g/mol. The van der Waals surface area contributed by atoms with Crippen molar-refractivity contribution in [2.24, 2.45) is 5.92 Å². The molecule has 0 saturated heterocycles. The van der Waals surface area contributed by atoms with E-state index in [1.54, 1.807) is 0 Å². The summed E-state index contributed by atoms with van der Waals surface area (Å²) < 4.78 is 5.17. The van der Waals surface area contributed by atoms with Gasteiger partial charge in [0.2, 0.25) is 5.91 Å². The average molecular weight is 456 g/mol. The monoisotopic (exact) mass is 455 g/mol. The third kappa shape index (κ3) is 6.22. The fourth-order valence-electron chi connectivity index (χ4n) is 4.64. The molecule has 180 valence electrons. The second kappa shape index (κ2) is 12.0. The van der Waals surface area contributed by atoms with Crippen molar-refractivity contribution >= 4 is 22.6 Å². The summed E-state index contributed by atoms with van der Waals surface area (Å²) in [5, 5.41) is 1.62. The average Bonchev–Trinajstić information content (AvgIpc) is 2.83. The maximum absolute atomic E-state index is 12.9. The first-order chi connectivity index (χ1) is 16.0. The molecule has 7 nitrogen and oxygen atoms in total. The van der Waals surface area contributed by atoms with E-state index < -0.39 is 0 Å². The minimum Gasteiger partial charge on any atom is -0.466 e. The Kier molecular flexibility index (Phi) is 9.06. The van der Waals surface area contributed by atoms with Gasteiger partial charge in [-0.3, -0.25) is 14.4 Å². The number of aromatic amines is 1. The Bertz CT molecular complexity index is 1020. The quantitative estimate of drug-likeness (QED) is 0.525. The lowest BCUT2D eigenvalue weighted by Crippen LogP contribution is -2.37. The number of esters is 1. The van der Waals surface area contributed by atoms with Gasteiger partial charge in [-0.2, -0.15) is 0 Å². The molecule has 0 spiro atoms. The highest BCUT2D eigenvalue weighted by molar-refractivity contribution is 5.86. The van der Waals surface area contributed by atoms with Crippen LogP contribution in [0.1, 0.15) is 57.7 Å². The summed E-state index contributed by atoms with van der Waals surface area (Å²) in [6.07, 6.45) is 3.53. The first-order valence-corrected chi connectivity index (χ1v) is 12.3. The van der Waals surface area contributed by atoms with Crippen LogP contribution in [0.25, 0.3) is 10.8 Å². The zero-order valence-corrected chi connectivity index (χ0v) is 20.2. The van der Waals surface area contributed by atoms with Gasteiger partial charge < -0.3 is 19.5 Å². The summed E-state index contributed by atoms with van der Waals surface area (Å²) in [4.78, 5) is 44.5. The second-order valence-electron chi connectivity index (χ2n) is 8.71. The van der Waals surface area contributed by atoms with Crippen LogP contribution in [0.4, 0.5) is 0 Å². The van der Waals surface area contributed by atoms with E-state index in [2.05, 4.69) is 16.8 Å². The van der Waals surface area contributed by atoms with E-state index >= 15 is 0 Å². The van der Waals surface area contributed by atoms with Gasteiger partial charge in [0.1, 0.15) is 0 Å². The third-order valence-electron chi connectivity index (χ3n) is 6.68. The molecule has 0 radical (unpaired) electrons. The number of ether oxygens (including phenoxy) is 1. The van der Waals surface area contributed by atoms with E-state index in [0.717, 1.165) is 55.5 Å². The van der Waals surface area contributed by atoms with E-state index in [-0.39, 0.29) is 23.4 Å². The SMILES string of the molecule is CCOC(=O)C(CC)CCN(CC)CCCC(=O)N1CCc2[nH]c(=O)c3ccccc3c2C1. The lowest BCUT2D eigenvalue weighted by Gasteiger charge is -2.30. The van der Waals surface area contributed by atoms with Gasteiger partial charge in [-0.05, 0) is 62.8 Å². The second-order valence-corrected chi connectivity index (χ2v) is 8.71. The van der Waals surface area contributed by atoms with Crippen LogP contribution < -0.4 is 5.56 Å². The fourth-order valence-corrected chi connectivity index (χ4v) is 4.64. The van der Waals surface area contributed by atoms with E-state index in [9.17, 15) is 14.4 Å². The number of benzene rings is 1. The molecule has 0 saturated carbocycles. The predicted molar refractivity (Wildman–Crippen MR) is 130 cm³/mol. The predicted octanol–water partition coefficient (Wildman–Crippen LogP) is 3.49. The van der Waals surface area contributed by atoms with Crippen molar-refractivity contribution in [3.05, 3.63) is 45.9 Å². The number of H-pyrrole nitrogens is 1. The summed E-state index contributed by atoms with van der Waals surface area (Å²) >= 11 is 0. The van der Waals surface area contributed by atoms with Crippen molar-refractivity contribution in [1.82, 2.24) is 14.8 Å². The van der Waals surface area contributed by atoms with Crippen LogP contribution in [-0.4, -0.2) is 59.4 Å². The Balaban J connectivity index is 1.52. The maximum atomic E-state index is 12.9. The molecule has 7 heteroatoms. The Hall–Kier alpha value is -2.67. The standard InChI is InChI=1S/C26H37N3O4/c1-4-19(26(32)33-6-3)13-16-28(5-2)15-9-12-24(30)29-17-14-23-22(18-29)20-10-7-8-11-21(20)25(31)27-23/h7-8,10-11,19H,4-6,9,12-18H2,1-3H3,(H,27,31). The van der Waals surface area contributed by atoms with Crippen LogP contribution in [0.15, 0.2) is 29.1 Å². The van der Waals surface area contributed by atoms with Gasteiger partial charge in [0.25, 0.3) is 5.56 Å². The van der Waals surface area contributed by atoms with Gasteiger partial charge in [0, 0.05) is 37.0 Å². The van der Waals surface area contributed by atoms with Crippen LogP contribution in [0.3, 0.4) is 0 Å². The molecule has 1 aromatic carbocycles. The van der Waals surface area contributed by atoms with Crippen LogP contribution in [0, 0.1) is 5.92 Å². The first-order valence-electron chi connectivity index (χ1n) is 12.3. The van der Waals surface area contributed by atoms with Crippen molar-refractivity contribution in [2.75, 3.05) is 32.8 Å². The van der Waals surface area contributed by atoms with E-state index in [1.807, 2.05) is 43.0 Å². The normalized spacial score (nSPS) is 14.4. The van der Waals surface area contributed by atoms with Crippen molar-refractivity contribution in [2.45, 2.75) is 59.4 Å². The maximum Gasteiger partial charge on any atom is 0.308 e. The minimum absolute atomic E-state index is 0.0583. The highest BCUT2D eigenvalue weighted by Gasteiger charge is 2.24. The minimum atomic E-state index is -0.106.